The van der Waals surface area contributed by atoms with Crippen LogP contribution in [-0.2, 0) is 17.1 Å². The van der Waals surface area contributed by atoms with Gasteiger partial charge in [-0.25, -0.2) is 4.98 Å². The number of benzene rings is 2. The molecule has 2 aromatic carbocycles. The van der Waals surface area contributed by atoms with Crippen LogP contribution in [0.4, 0.5) is 32.2 Å². The van der Waals surface area contributed by atoms with E-state index in [-0.39, 0.29) is 17.6 Å². The molecule has 1 aliphatic heterocycles. The first-order valence-corrected chi connectivity index (χ1v) is 13.1. The maximum absolute atomic E-state index is 13.4. The number of carbonyl (C=O) groups is 1. The first kappa shape index (κ1) is 30.2. The highest BCUT2D eigenvalue weighted by atomic mass is 19.4. The molecule has 228 valence electrons. The van der Waals surface area contributed by atoms with E-state index < -0.39 is 35.0 Å². The predicted molar refractivity (Wildman–Crippen MR) is 144 cm³/mol. The van der Waals surface area contributed by atoms with Crippen LogP contribution in [0.2, 0.25) is 0 Å². The Bertz CT molecular complexity index is 1580. The number of rotatable bonds is 8. The Kier molecular flexibility index (Phi) is 8.51. The van der Waals surface area contributed by atoms with Crippen molar-refractivity contribution in [2.24, 2.45) is 0 Å². The minimum absolute atomic E-state index is 0.0334. The maximum atomic E-state index is 13.4. The molecule has 1 N–H and O–H groups in total. The number of methoxy groups -OCH3 is 1. The largest absolute Gasteiger partial charge is 0.493 e. The first-order chi connectivity index (χ1) is 20.4. The number of amides is 1. The zero-order chi connectivity index (χ0) is 30.8. The second-order valence-electron chi connectivity index (χ2n) is 9.65. The van der Waals surface area contributed by atoms with E-state index in [0.29, 0.717) is 61.2 Å². The zero-order valence-corrected chi connectivity index (χ0v) is 22.8. The number of nitrogens with one attached hydrogen (secondary N) is 1. The fourth-order valence-corrected chi connectivity index (χ4v) is 4.63. The number of carbonyl (C=O) groups excluding carboxylic acids is 1. The topological polar surface area (TPSA) is 77.3 Å². The number of pyridine rings is 1. The molecular formula is C29H26F6N4O4. The van der Waals surface area contributed by atoms with Crippen LogP contribution in [0.5, 0.6) is 11.5 Å². The highest BCUT2D eigenvalue weighted by molar-refractivity contribution is 6.06. The molecule has 0 atom stereocenters. The zero-order valence-electron chi connectivity index (χ0n) is 22.8. The number of aromatic nitrogens is 2. The van der Waals surface area contributed by atoms with Crippen LogP contribution in [0.25, 0.3) is 16.9 Å². The van der Waals surface area contributed by atoms with Crippen molar-refractivity contribution in [2.75, 3.05) is 51.9 Å². The van der Waals surface area contributed by atoms with Crippen LogP contribution in [-0.4, -0.2) is 66.8 Å². The number of ether oxygens (including phenoxy) is 3. The van der Waals surface area contributed by atoms with Crippen molar-refractivity contribution < 1.29 is 45.3 Å². The van der Waals surface area contributed by atoms with E-state index in [0.717, 1.165) is 13.1 Å². The fourth-order valence-electron chi connectivity index (χ4n) is 4.63. The first-order valence-electron chi connectivity index (χ1n) is 13.1. The van der Waals surface area contributed by atoms with Crippen LogP contribution < -0.4 is 14.8 Å². The molecule has 0 aliphatic carbocycles. The van der Waals surface area contributed by atoms with Crippen molar-refractivity contribution in [3.05, 3.63) is 77.5 Å². The molecule has 2 aromatic heterocycles. The summed E-state index contributed by atoms with van der Waals surface area (Å²) in [4.78, 5) is 20.0. The minimum atomic E-state index is -5.11. The summed E-state index contributed by atoms with van der Waals surface area (Å²) in [7, 11) is 1.48. The second-order valence-corrected chi connectivity index (χ2v) is 9.65. The summed E-state index contributed by atoms with van der Waals surface area (Å²) in [5.74, 6) is -0.325. The summed E-state index contributed by atoms with van der Waals surface area (Å²) in [6.45, 7) is 3.82. The molecule has 1 saturated heterocycles. The van der Waals surface area contributed by atoms with E-state index in [2.05, 4.69) is 15.2 Å². The lowest BCUT2D eigenvalue weighted by atomic mass is 10.0. The average Bonchev–Trinajstić information content (AvgIpc) is 3.34. The third kappa shape index (κ3) is 6.86. The van der Waals surface area contributed by atoms with Gasteiger partial charge in [-0.1, -0.05) is 6.07 Å². The van der Waals surface area contributed by atoms with Gasteiger partial charge in [0, 0.05) is 37.0 Å². The van der Waals surface area contributed by atoms with Gasteiger partial charge in [0.15, 0.2) is 11.5 Å². The Balaban J connectivity index is 1.49. The number of hydrogen-bond acceptors (Lipinski definition) is 6. The number of anilines is 1. The summed E-state index contributed by atoms with van der Waals surface area (Å²) >= 11 is 0. The normalized spacial score (nSPS) is 14.6. The van der Waals surface area contributed by atoms with E-state index >= 15 is 0 Å². The molecule has 4 aromatic rings. The smallest absolute Gasteiger partial charge is 0.416 e. The lowest BCUT2D eigenvalue weighted by Gasteiger charge is -2.26. The Morgan fingerprint density at radius 3 is 2.30 bits per heavy atom. The number of morpholine rings is 1. The van der Waals surface area contributed by atoms with Gasteiger partial charge in [0.05, 0.1) is 31.5 Å². The summed E-state index contributed by atoms with van der Waals surface area (Å²) in [6.07, 6.45) is -8.66. The molecular weight excluding hydrogens is 582 g/mol. The minimum Gasteiger partial charge on any atom is -0.493 e. The van der Waals surface area contributed by atoms with Crippen LogP contribution >= 0.6 is 0 Å². The van der Waals surface area contributed by atoms with E-state index in [1.54, 1.807) is 42.6 Å². The quantitative estimate of drug-likeness (QED) is 0.247. The van der Waals surface area contributed by atoms with Gasteiger partial charge in [0.1, 0.15) is 23.8 Å². The Hall–Kier alpha value is -4.30. The molecule has 0 bridgehead atoms. The van der Waals surface area contributed by atoms with Gasteiger partial charge < -0.3 is 19.5 Å². The Morgan fingerprint density at radius 2 is 1.65 bits per heavy atom. The van der Waals surface area contributed by atoms with Crippen molar-refractivity contribution in [3.8, 4) is 22.8 Å². The lowest BCUT2D eigenvalue weighted by molar-refractivity contribution is -0.143. The highest BCUT2D eigenvalue weighted by Crippen LogP contribution is 2.38. The van der Waals surface area contributed by atoms with Crippen molar-refractivity contribution in [2.45, 2.75) is 12.4 Å². The molecule has 0 spiro atoms. The van der Waals surface area contributed by atoms with E-state index in [9.17, 15) is 31.1 Å². The number of fused-ring (bicyclic) bond motifs is 1. The maximum Gasteiger partial charge on any atom is 0.416 e. The number of halogens is 6. The molecule has 1 aliphatic rings. The molecule has 0 saturated carbocycles. The van der Waals surface area contributed by atoms with Crippen molar-refractivity contribution in [3.63, 3.8) is 0 Å². The highest BCUT2D eigenvalue weighted by Gasteiger charge is 2.37. The Morgan fingerprint density at radius 1 is 0.953 bits per heavy atom. The molecule has 14 heteroatoms. The summed E-state index contributed by atoms with van der Waals surface area (Å²) in [5.41, 5.74) is -2.97. The predicted octanol–water partition coefficient (Wildman–Crippen LogP) is 6.01. The number of imidazole rings is 1. The SMILES string of the molecule is COc1ccc(-c2nc3ccccn3c2NC(=O)c2cc(C(F)(F)F)cc(C(F)(F)F)c2)cc1OCCN1CCOCC1. The lowest BCUT2D eigenvalue weighted by Crippen LogP contribution is -2.38. The van der Waals surface area contributed by atoms with Crippen LogP contribution in [0, 0.1) is 0 Å². The van der Waals surface area contributed by atoms with Gasteiger partial charge in [-0.15, -0.1) is 0 Å². The monoisotopic (exact) mass is 608 g/mol. The van der Waals surface area contributed by atoms with Gasteiger partial charge in [-0.3, -0.25) is 14.1 Å². The van der Waals surface area contributed by atoms with Crippen molar-refractivity contribution >= 4 is 17.4 Å². The van der Waals surface area contributed by atoms with Gasteiger partial charge in [-0.2, -0.15) is 26.3 Å². The molecule has 0 radical (unpaired) electrons. The van der Waals surface area contributed by atoms with Crippen LogP contribution in [0.1, 0.15) is 21.5 Å². The summed E-state index contributed by atoms with van der Waals surface area (Å²) in [5, 5.41) is 2.48. The standard InChI is InChI=1S/C29H26F6N4O4/c1-41-22-6-5-18(16-23(22)43-13-10-38-8-11-42-12-9-38)25-26(39-7-3-2-4-24(39)36-25)37-27(40)19-14-20(28(30,31)32)17-21(15-19)29(33,34)35/h2-7,14-17H,8-13H2,1H3,(H,37,40). The molecule has 43 heavy (non-hydrogen) atoms. The Labute approximate surface area is 241 Å². The molecule has 0 unspecified atom stereocenters. The van der Waals surface area contributed by atoms with Gasteiger partial charge >= 0.3 is 12.4 Å². The fraction of sp³-hybridized carbons (Fsp3) is 0.310. The summed E-state index contributed by atoms with van der Waals surface area (Å²) < 4.78 is 98.8. The average molecular weight is 609 g/mol. The molecule has 1 amide bonds. The molecule has 5 rings (SSSR count). The number of alkyl halides is 6. The second kappa shape index (κ2) is 12.1. The van der Waals surface area contributed by atoms with Gasteiger partial charge in [-0.05, 0) is 48.5 Å². The number of nitrogens with zero attached hydrogens (tertiary/aromatic N) is 3. The van der Waals surface area contributed by atoms with E-state index in [4.69, 9.17) is 14.2 Å². The number of hydrogen-bond donors (Lipinski definition) is 1. The van der Waals surface area contributed by atoms with Crippen LogP contribution in [0.3, 0.4) is 0 Å². The third-order valence-electron chi connectivity index (χ3n) is 6.82. The molecule has 3 heterocycles. The summed E-state index contributed by atoms with van der Waals surface area (Å²) in [6, 6.07) is 10.6. The van der Waals surface area contributed by atoms with E-state index in [1.165, 1.54) is 11.5 Å². The van der Waals surface area contributed by atoms with Crippen LogP contribution in [0.15, 0.2) is 60.8 Å². The van der Waals surface area contributed by atoms with Crippen molar-refractivity contribution in [1.29, 1.82) is 0 Å². The van der Waals surface area contributed by atoms with Gasteiger partial charge in [0.2, 0.25) is 0 Å². The third-order valence-corrected chi connectivity index (χ3v) is 6.82. The molecule has 8 nitrogen and oxygen atoms in total. The van der Waals surface area contributed by atoms with E-state index in [1.807, 2.05) is 0 Å². The molecule has 1 fully saturated rings. The van der Waals surface area contributed by atoms with Crippen molar-refractivity contribution in [1.82, 2.24) is 14.3 Å². The van der Waals surface area contributed by atoms with Gasteiger partial charge in [0.25, 0.3) is 5.91 Å².